The first-order valence-electron chi connectivity index (χ1n) is 3.34. The van der Waals surface area contributed by atoms with E-state index in [0.29, 0.717) is 11.4 Å². The van der Waals surface area contributed by atoms with Crippen LogP contribution in [0.3, 0.4) is 0 Å². The Morgan fingerprint density at radius 1 is 1.67 bits per heavy atom. The van der Waals surface area contributed by atoms with Crippen LogP contribution < -0.4 is 0 Å². The standard InChI is InChI=1S/C7H12OS/c1-2-3-6-7(9)4-5-8-6/h4-7,9H,2-3H2,1H3. The first kappa shape index (κ1) is 7.00. The van der Waals surface area contributed by atoms with Crippen LogP contribution in [0.1, 0.15) is 19.8 Å². The van der Waals surface area contributed by atoms with Crippen LogP contribution in [0.4, 0.5) is 0 Å². The lowest BCUT2D eigenvalue weighted by Gasteiger charge is -2.12. The molecule has 1 nitrogen and oxygen atoms in total. The molecule has 0 bridgehead atoms. The highest BCUT2D eigenvalue weighted by Crippen LogP contribution is 2.19. The Morgan fingerprint density at radius 3 is 2.89 bits per heavy atom. The van der Waals surface area contributed by atoms with Gasteiger partial charge >= 0.3 is 0 Å². The molecule has 0 aromatic carbocycles. The molecule has 1 rings (SSSR count). The van der Waals surface area contributed by atoms with Crippen molar-refractivity contribution in [1.82, 2.24) is 0 Å². The van der Waals surface area contributed by atoms with Crippen molar-refractivity contribution >= 4 is 12.6 Å². The molecule has 52 valence electrons. The fraction of sp³-hybridized carbons (Fsp3) is 0.714. The van der Waals surface area contributed by atoms with Crippen LogP contribution in [0, 0.1) is 0 Å². The van der Waals surface area contributed by atoms with Crippen LogP contribution >= 0.6 is 12.6 Å². The van der Waals surface area contributed by atoms with E-state index >= 15 is 0 Å². The van der Waals surface area contributed by atoms with Crippen molar-refractivity contribution in [2.75, 3.05) is 0 Å². The molecule has 0 saturated heterocycles. The van der Waals surface area contributed by atoms with Crippen molar-refractivity contribution in [3.05, 3.63) is 12.3 Å². The molecule has 0 saturated carbocycles. The number of rotatable bonds is 2. The third kappa shape index (κ3) is 1.65. The van der Waals surface area contributed by atoms with E-state index in [-0.39, 0.29) is 0 Å². The summed E-state index contributed by atoms with van der Waals surface area (Å²) in [5.41, 5.74) is 0. The summed E-state index contributed by atoms with van der Waals surface area (Å²) in [4.78, 5) is 0. The van der Waals surface area contributed by atoms with Gasteiger partial charge in [0.15, 0.2) is 0 Å². The number of ether oxygens (including phenoxy) is 1. The van der Waals surface area contributed by atoms with Crippen LogP contribution in [0.15, 0.2) is 12.3 Å². The summed E-state index contributed by atoms with van der Waals surface area (Å²) >= 11 is 4.31. The van der Waals surface area contributed by atoms with Crippen molar-refractivity contribution in [2.24, 2.45) is 0 Å². The quantitative estimate of drug-likeness (QED) is 0.583. The Bertz CT molecular complexity index is 111. The third-order valence-corrected chi connectivity index (χ3v) is 1.99. The molecule has 0 spiro atoms. The largest absolute Gasteiger partial charge is 0.497 e. The first-order chi connectivity index (χ1) is 4.34. The molecule has 0 N–H and O–H groups in total. The Kier molecular flexibility index (Phi) is 2.46. The van der Waals surface area contributed by atoms with Gasteiger partial charge in [0, 0.05) is 0 Å². The molecule has 2 atom stereocenters. The molecule has 2 heteroatoms. The molecule has 0 radical (unpaired) electrons. The molecule has 0 fully saturated rings. The summed E-state index contributed by atoms with van der Waals surface area (Å²) in [7, 11) is 0. The van der Waals surface area contributed by atoms with Crippen molar-refractivity contribution in [1.29, 1.82) is 0 Å². The Morgan fingerprint density at radius 2 is 2.44 bits per heavy atom. The van der Waals surface area contributed by atoms with Gasteiger partial charge in [-0.05, 0) is 12.5 Å². The van der Waals surface area contributed by atoms with E-state index in [0.717, 1.165) is 6.42 Å². The van der Waals surface area contributed by atoms with Crippen molar-refractivity contribution in [3.8, 4) is 0 Å². The second kappa shape index (κ2) is 3.16. The maximum atomic E-state index is 5.25. The lowest BCUT2D eigenvalue weighted by molar-refractivity contribution is 0.164. The van der Waals surface area contributed by atoms with Crippen LogP contribution in [-0.2, 0) is 4.74 Å². The summed E-state index contributed by atoms with van der Waals surface area (Å²) in [5.74, 6) is 0. The molecule has 1 aliphatic rings. The SMILES string of the molecule is CCCC1OC=CC1S. The van der Waals surface area contributed by atoms with Crippen LogP contribution in [-0.4, -0.2) is 11.4 Å². The molecular formula is C7H12OS. The van der Waals surface area contributed by atoms with Gasteiger partial charge < -0.3 is 4.74 Å². The lowest BCUT2D eigenvalue weighted by Crippen LogP contribution is -2.15. The topological polar surface area (TPSA) is 9.23 Å². The Labute approximate surface area is 61.5 Å². The van der Waals surface area contributed by atoms with Crippen LogP contribution in [0.25, 0.3) is 0 Å². The van der Waals surface area contributed by atoms with E-state index in [9.17, 15) is 0 Å². The zero-order chi connectivity index (χ0) is 6.69. The molecule has 1 aliphatic heterocycles. The van der Waals surface area contributed by atoms with E-state index in [1.54, 1.807) is 6.26 Å². The minimum absolute atomic E-state index is 0.324. The van der Waals surface area contributed by atoms with E-state index < -0.39 is 0 Å². The van der Waals surface area contributed by atoms with Gasteiger partial charge in [-0.2, -0.15) is 12.6 Å². The second-order valence-electron chi connectivity index (χ2n) is 2.28. The molecule has 0 amide bonds. The van der Waals surface area contributed by atoms with Gasteiger partial charge in [0.2, 0.25) is 0 Å². The summed E-state index contributed by atoms with van der Waals surface area (Å²) in [5, 5.41) is 0.324. The van der Waals surface area contributed by atoms with Crippen molar-refractivity contribution in [2.45, 2.75) is 31.1 Å². The van der Waals surface area contributed by atoms with E-state index in [1.807, 2.05) is 6.08 Å². The van der Waals surface area contributed by atoms with Crippen LogP contribution in [0.5, 0.6) is 0 Å². The van der Waals surface area contributed by atoms with E-state index in [1.165, 1.54) is 6.42 Å². The van der Waals surface area contributed by atoms with Gasteiger partial charge in [0.25, 0.3) is 0 Å². The second-order valence-corrected chi connectivity index (χ2v) is 2.88. The highest BCUT2D eigenvalue weighted by molar-refractivity contribution is 7.81. The first-order valence-corrected chi connectivity index (χ1v) is 3.86. The molecule has 9 heavy (non-hydrogen) atoms. The van der Waals surface area contributed by atoms with Gasteiger partial charge in [0.1, 0.15) is 6.10 Å². The Hall–Kier alpha value is -0.110. The molecule has 2 unspecified atom stereocenters. The maximum absolute atomic E-state index is 5.25. The zero-order valence-corrected chi connectivity index (χ0v) is 6.47. The van der Waals surface area contributed by atoms with E-state index in [2.05, 4.69) is 19.6 Å². The van der Waals surface area contributed by atoms with E-state index in [4.69, 9.17) is 4.74 Å². The number of thiol groups is 1. The average Bonchev–Trinajstić information content (AvgIpc) is 2.18. The maximum Gasteiger partial charge on any atom is 0.113 e. The normalized spacial score (nSPS) is 32.7. The number of hydrogen-bond donors (Lipinski definition) is 1. The predicted octanol–water partition coefficient (Wildman–Crippen LogP) is 2.00. The fourth-order valence-corrected chi connectivity index (χ4v) is 1.24. The zero-order valence-electron chi connectivity index (χ0n) is 5.58. The van der Waals surface area contributed by atoms with Crippen molar-refractivity contribution in [3.63, 3.8) is 0 Å². The summed E-state index contributed by atoms with van der Waals surface area (Å²) in [6.45, 7) is 2.15. The highest BCUT2D eigenvalue weighted by Gasteiger charge is 2.19. The molecular weight excluding hydrogens is 132 g/mol. The molecule has 0 aliphatic carbocycles. The molecule has 1 heterocycles. The van der Waals surface area contributed by atoms with Gasteiger partial charge in [0.05, 0.1) is 11.5 Å². The monoisotopic (exact) mass is 144 g/mol. The van der Waals surface area contributed by atoms with Gasteiger partial charge in [-0.1, -0.05) is 13.3 Å². The molecule has 0 aromatic rings. The van der Waals surface area contributed by atoms with Gasteiger partial charge in [-0.15, -0.1) is 0 Å². The minimum atomic E-state index is 0.324. The number of hydrogen-bond acceptors (Lipinski definition) is 2. The minimum Gasteiger partial charge on any atom is -0.497 e. The third-order valence-electron chi connectivity index (χ3n) is 1.48. The summed E-state index contributed by atoms with van der Waals surface area (Å²) in [6.07, 6.45) is 6.35. The van der Waals surface area contributed by atoms with Crippen LogP contribution in [0.2, 0.25) is 0 Å². The fourth-order valence-electron chi connectivity index (χ4n) is 0.955. The van der Waals surface area contributed by atoms with Gasteiger partial charge in [-0.25, -0.2) is 0 Å². The van der Waals surface area contributed by atoms with Crippen molar-refractivity contribution < 1.29 is 4.74 Å². The highest BCUT2D eigenvalue weighted by atomic mass is 32.1. The van der Waals surface area contributed by atoms with Gasteiger partial charge in [-0.3, -0.25) is 0 Å². The summed E-state index contributed by atoms with van der Waals surface area (Å²) in [6, 6.07) is 0. The summed E-state index contributed by atoms with van der Waals surface area (Å²) < 4.78 is 5.25. The smallest absolute Gasteiger partial charge is 0.113 e. The predicted molar refractivity (Wildman–Crippen MR) is 41.7 cm³/mol. The lowest BCUT2D eigenvalue weighted by atomic mass is 10.1. The Balaban J connectivity index is 2.28. The molecule has 0 aromatic heterocycles. The average molecular weight is 144 g/mol.